The predicted molar refractivity (Wildman–Crippen MR) is 104 cm³/mol. The molecule has 1 aliphatic rings. The fourth-order valence-corrected chi connectivity index (χ4v) is 4.28. The summed E-state index contributed by atoms with van der Waals surface area (Å²) in [7, 11) is 0. The number of amides is 2. The second-order valence-electron chi connectivity index (χ2n) is 5.65. The summed E-state index contributed by atoms with van der Waals surface area (Å²) in [4.78, 5) is 34.5. The summed E-state index contributed by atoms with van der Waals surface area (Å²) >= 11 is 2.79. The molecule has 0 spiro atoms. The highest BCUT2D eigenvalue weighted by Crippen LogP contribution is 2.34. The van der Waals surface area contributed by atoms with Crippen LogP contribution in [0.3, 0.4) is 0 Å². The van der Waals surface area contributed by atoms with Gasteiger partial charge in [0.2, 0.25) is 5.91 Å². The van der Waals surface area contributed by atoms with Gasteiger partial charge in [-0.15, -0.1) is 23.1 Å². The lowest BCUT2D eigenvalue weighted by atomic mass is 10.2. The first-order valence-electron chi connectivity index (χ1n) is 7.87. The number of carbonyl (C=O) groups is 2. The lowest BCUT2D eigenvalue weighted by Crippen LogP contribution is -2.19. The van der Waals surface area contributed by atoms with Gasteiger partial charge in [-0.05, 0) is 37.3 Å². The number of hydrogen-bond donors (Lipinski definition) is 2. The van der Waals surface area contributed by atoms with Crippen LogP contribution in [-0.2, 0) is 4.79 Å². The molecule has 0 atom stereocenters. The van der Waals surface area contributed by atoms with Crippen molar-refractivity contribution in [2.75, 3.05) is 16.4 Å². The van der Waals surface area contributed by atoms with Crippen molar-refractivity contribution < 1.29 is 9.59 Å². The minimum Gasteiger partial charge on any atom is -0.324 e. The number of thiazole rings is 1. The zero-order valence-electron chi connectivity index (χ0n) is 13.8. The van der Waals surface area contributed by atoms with Gasteiger partial charge in [0.1, 0.15) is 9.88 Å². The molecular formula is C18H14N4O2S2. The molecule has 4 rings (SSSR count). The summed E-state index contributed by atoms with van der Waals surface area (Å²) in [5.41, 5.74) is 2.76. The van der Waals surface area contributed by atoms with Crippen molar-refractivity contribution in [1.29, 1.82) is 0 Å². The number of benzene rings is 1. The molecule has 3 aromatic rings. The monoisotopic (exact) mass is 382 g/mol. The molecule has 8 heteroatoms. The smallest absolute Gasteiger partial charge is 0.267 e. The number of anilines is 2. The molecule has 0 radical (unpaired) electrons. The van der Waals surface area contributed by atoms with E-state index < -0.39 is 0 Å². The van der Waals surface area contributed by atoms with Crippen molar-refractivity contribution in [1.82, 2.24) is 9.97 Å². The molecule has 0 saturated heterocycles. The standard InChI is InChI=1S/C18H14N4O2S2/c1-10-16(26-18(20-10)12-4-2-3-7-19-12)17(24)21-11-5-6-14-13(8-11)22-15(23)9-25-14/h2-8H,9H2,1H3,(H,21,24)(H,22,23). The Kier molecular flexibility index (Phi) is 4.44. The van der Waals surface area contributed by atoms with E-state index in [4.69, 9.17) is 0 Å². The van der Waals surface area contributed by atoms with Gasteiger partial charge >= 0.3 is 0 Å². The fourth-order valence-electron chi connectivity index (χ4n) is 2.55. The molecule has 1 aromatic carbocycles. The van der Waals surface area contributed by atoms with Gasteiger partial charge in [0.25, 0.3) is 5.91 Å². The van der Waals surface area contributed by atoms with E-state index >= 15 is 0 Å². The Morgan fingerprint density at radius 2 is 2.15 bits per heavy atom. The van der Waals surface area contributed by atoms with E-state index in [1.54, 1.807) is 12.3 Å². The van der Waals surface area contributed by atoms with Crippen LogP contribution >= 0.6 is 23.1 Å². The minimum absolute atomic E-state index is 0.0377. The number of fused-ring (bicyclic) bond motifs is 1. The quantitative estimate of drug-likeness (QED) is 0.720. The summed E-state index contributed by atoms with van der Waals surface area (Å²) in [6.07, 6.45) is 1.70. The van der Waals surface area contributed by atoms with Gasteiger partial charge in [-0.2, -0.15) is 0 Å². The van der Waals surface area contributed by atoms with Crippen molar-refractivity contribution in [3.05, 3.63) is 53.2 Å². The van der Waals surface area contributed by atoms with Gasteiger partial charge in [0.15, 0.2) is 0 Å². The van der Waals surface area contributed by atoms with E-state index in [1.807, 2.05) is 37.3 Å². The Labute approximate surface area is 158 Å². The predicted octanol–water partition coefficient (Wildman–Crippen LogP) is 3.81. The molecule has 26 heavy (non-hydrogen) atoms. The Balaban J connectivity index is 1.57. The number of aromatic nitrogens is 2. The number of rotatable bonds is 3. The first-order chi connectivity index (χ1) is 12.6. The summed E-state index contributed by atoms with van der Waals surface area (Å²) < 4.78 is 0. The highest BCUT2D eigenvalue weighted by molar-refractivity contribution is 8.00. The second kappa shape index (κ2) is 6.89. The highest BCUT2D eigenvalue weighted by Gasteiger charge is 2.19. The van der Waals surface area contributed by atoms with Crippen LogP contribution in [0.5, 0.6) is 0 Å². The molecule has 130 valence electrons. The number of pyridine rings is 1. The summed E-state index contributed by atoms with van der Waals surface area (Å²) in [6, 6.07) is 11.1. The van der Waals surface area contributed by atoms with Crippen LogP contribution in [0.1, 0.15) is 15.4 Å². The molecule has 6 nitrogen and oxygen atoms in total. The maximum absolute atomic E-state index is 12.7. The molecule has 2 aromatic heterocycles. The van der Waals surface area contributed by atoms with Crippen LogP contribution in [0, 0.1) is 6.92 Å². The summed E-state index contributed by atoms with van der Waals surface area (Å²) in [5, 5.41) is 6.41. The third-order valence-corrected chi connectivity index (χ3v) is 6.01. The van der Waals surface area contributed by atoms with E-state index in [1.165, 1.54) is 23.1 Å². The topological polar surface area (TPSA) is 84.0 Å². The third-order valence-electron chi connectivity index (χ3n) is 3.76. The number of carbonyl (C=O) groups excluding carboxylic acids is 2. The molecule has 2 amide bonds. The number of hydrogen-bond acceptors (Lipinski definition) is 6. The second-order valence-corrected chi connectivity index (χ2v) is 7.67. The lowest BCUT2D eigenvalue weighted by molar-refractivity contribution is -0.113. The average molecular weight is 382 g/mol. The van der Waals surface area contributed by atoms with Crippen LogP contribution in [0.4, 0.5) is 11.4 Å². The van der Waals surface area contributed by atoms with E-state index in [2.05, 4.69) is 20.6 Å². The van der Waals surface area contributed by atoms with E-state index in [0.29, 0.717) is 27.0 Å². The molecule has 0 fully saturated rings. The largest absolute Gasteiger partial charge is 0.324 e. The molecule has 0 unspecified atom stereocenters. The Morgan fingerprint density at radius 1 is 1.27 bits per heavy atom. The van der Waals surface area contributed by atoms with Crippen LogP contribution in [0.2, 0.25) is 0 Å². The summed E-state index contributed by atoms with van der Waals surface area (Å²) in [5.74, 6) is 0.149. The van der Waals surface area contributed by atoms with Crippen molar-refractivity contribution >= 4 is 46.3 Å². The number of aryl methyl sites for hydroxylation is 1. The van der Waals surface area contributed by atoms with Gasteiger partial charge in [-0.25, -0.2) is 4.98 Å². The summed E-state index contributed by atoms with van der Waals surface area (Å²) in [6.45, 7) is 1.81. The lowest BCUT2D eigenvalue weighted by Gasteiger charge is -2.17. The highest BCUT2D eigenvalue weighted by atomic mass is 32.2. The van der Waals surface area contributed by atoms with E-state index in [0.717, 1.165) is 16.3 Å². The third kappa shape index (κ3) is 3.33. The van der Waals surface area contributed by atoms with Crippen molar-refractivity contribution in [3.63, 3.8) is 0 Å². The molecule has 3 heterocycles. The molecule has 0 bridgehead atoms. The minimum atomic E-state index is -0.225. The van der Waals surface area contributed by atoms with Gasteiger partial charge in [-0.3, -0.25) is 14.6 Å². The van der Waals surface area contributed by atoms with Gasteiger partial charge in [0, 0.05) is 16.8 Å². The maximum atomic E-state index is 12.7. The van der Waals surface area contributed by atoms with E-state index in [9.17, 15) is 9.59 Å². The van der Waals surface area contributed by atoms with E-state index in [-0.39, 0.29) is 11.8 Å². The average Bonchev–Trinajstić information content (AvgIpc) is 3.04. The van der Waals surface area contributed by atoms with Gasteiger partial charge in [0.05, 0.1) is 22.8 Å². The Hall–Kier alpha value is -2.71. The molecule has 2 N–H and O–H groups in total. The SMILES string of the molecule is Cc1nc(-c2ccccn2)sc1C(=O)Nc1ccc2c(c1)NC(=O)CS2. The fraction of sp³-hybridized carbons (Fsp3) is 0.111. The van der Waals surface area contributed by atoms with Crippen LogP contribution in [0.15, 0.2) is 47.5 Å². The van der Waals surface area contributed by atoms with Gasteiger partial charge in [-0.1, -0.05) is 6.07 Å². The van der Waals surface area contributed by atoms with Crippen LogP contribution < -0.4 is 10.6 Å². The first-order valence-corrected chi connectivity index (χ1v) is 9.67. The maximum Gasteiger partial charge on any atom is 0.267 e. The Morgan fingerprint density at radius 3 is 2.96 bits per heavy atom. The van der Waals surface area contributed by atoms with Crippen molar-refractivity contribution in [3.8, 4) is 10.7 Å². The van der Waals surface area contributed by atoms with Crippen molar-refractivity contribution in [2.45, 2.75) is 11.8 Å². The van der Waals surface area contributed by atoms with Crippen molar-refractivity contribution in [2.24, 2.45) is 0 Å². The Bertz CT molecular complexity index is 1000. The normalized spacial score (nSPS) is 13.0. The zero-order chi connectivity index (χ0) is 18.1. The van der Waals surface area contributed by atoms with Gasteiger partial charge < -0.3 is 10.6 Å². The number of thioether (sulfide) groups is 1. The molecule has 0 saturated carbocycles. The molecule has 0 aliphatic carbocycles. The first kappa shape index (κ1) is 16.7. The number of nitrogens with zero attached hydrogens (tertiary/aromatic N) is 2. The molecular weight excluding hydrogens is 368 g/mol. The molecule has 1 aliphatic heterocycles. The zero-order valence-corrected chi connectivity index (χ0v) is 15.4. The number of nitrogens with one attached hydrogen (secondary N) is 2. The van der Waals surface area contributed by atoms with Crippen LogP contribution in [0.25, 0.3) is 10.7 Å². The van der Waals surface area contributed by atoms with Crippen LogP contribution in [-0.4, -0.2) is 27.5 Å².